The number of aromatic nitrogens is 4. The van der Waals surface area contributed by atoms with Gasteiger partial charge in [-0.1, -0.05) is 12.1 Å². The molecule has 1 saturated heterocycles. The van der Waals surface area contributed by atoms with Crippen molar-refractivity contribution in [1.29, 1.82) is 0 Å². The number of nitrogens with zero attached hydrogens (tertiary/aromatic N) is 4. The first-order valence-electron chi connectivity index (χ1n) is 10.8. The third-order valence-electron chi connectivity index (χ3n) is 5.53. The number of pyridine rings is 1. The molecule has 9 nitrogen and oxygen atoms in total. The molecule has 0 atom stereocenters. The molecule has 4 heterocycles. The lowest BCUT2D eigenvalue weighted by atomic mass is 10.0. The summed E-state index contributed by atoms with van der Waals surface area (Å²) >= 11 is 1.42. The fourth-order valence-corrected chi connectivity index (χ4v) is 6.04. The van der Waals surface area contributed by atoms with Gasteiger partial charge in [-0.3, -0.25) is 4.72 Å². The van der Waals surface area contributed by atoms with Crippen LogP contribution in [0.5, 0.6) is 0 Å². The van der Waals surface area contributed by atoms with Crippen molar-refractivity contribution in [3.63, 3.8) is 0 Å². The van der Waals surface area contributed by atoms with Crippen molar-refractivity contribution in [1.82, 2.24) is 19.9 Å². The first-order chi connectivity index (χ1) is 16.9. The largest absolute Gasteiger partial charge is 0.381 e. The van der Waals surface area contributed by atoms with Gasteiger partial charge in [0.05, 0.1) is 27.0 Å². The van der Waals surface area contributed by atoms with E-state index in [4.69, 9.17) is 15.5 Å². The van der Waals surface area contributed by atoms with Gasteiger partial charge in [0.15, 0.2) is 10.8 Å². The minimum atomic E-state index is -4.08. The number of nitrogen functional groups attached to an aromatic ring is 1. The molecule has 35 heavy (non-hydrogen) atoms. The molecule has 5 rings (SSSR count). The monoisotopic (exact) mass is 512 g/mol. The van der Waals surface area contributed by atoms with Crippen LogP contribution in [0, 0.1) is 5.82 Å². The number of halogens is 1. The SMILES string of the molecule is Nc1nccc(-c2sc(C3CCOCC3)nc2-c2cccc(NS(=O)(=O)c3ccccn3)c2F)n1. The Bertz CT molecular complexity index is 1460. The standard InChI is InChI=1S/C23H21FN6O3S2/c24-19-15(4-3-5-16(19)30-35(31,32)18-6-1-2-10-26-18)20-21(17-7-11-27-23(25)28-17)34-22(29-20)14-8-12-33-13-9-14/h1-7,10-11,14,30H,8-9,12-13H2,(H2,25,27,28). The number of anilines is 2. The second kappa shape index (κ2) is 9.64. The Hall–Kier alpha value is -3.48. The Morgan fingerprint density at radius 3 is 2.60 bits per heavy atom. The van der Waals surface area contributed by atoms with E-state index in [2.05, 4.69) is 19.7 Å². The molecule has 1 aliphatic heterocycles. The van der Waals surface area contributed by atoms with E-state index in [1.165, 1.54) is 35.9 Å². The van der Waals surface area contributed by atoms with Gasteiger partial charge in [-0.05, 0) is 43.2 Å². The van der Waals surface area contributed by atoms with E-state index in [-0.39, 0.29) is 28.1 Å². The molecule has 12 heteroatoms. The average molecular weight is 513 g/mol. The van der Waals surface area contributed by atoms with E-state index in [0.717, 1.165) is 17.8 Å². The summed E-state index contributed by atoms with van der Waals surface area (Å²) < 4.78 is 49.0. The molecule has 0 aliphatic carbocycles. The first-order valence-corrected chi connectivity index (χ1v) is 13.1. The molecule has 1 aliphatic rings. The zero-order chi connectivity index (χ0) is 24.4. The number of nitrogens with one attached hydrogen (secondary N) is 1. The van der Waals surface area contributed by atoms with Gasteiger partial charge < -0.3 is 10.5 Å². The summed E-state index contributed by atoms with van der Waals surface area (Å²) in [5.41, 5.74) is 6.62. The van der Waals surface area contributed by atoms with Gasteiger partial charge in [0.25, 0.3) is 10.0 Å². The van der Waals surface area contributed by atoms with Gasteiger partial charge in [0, 0.05) is 37.1 Å². The number of hydrogen-bond donors (Lipinski definition) is 2. The highest BCUT2D eigenvalue weighted by molar-refractivity contribution is 7.92. The molecule has 0 unspecified atom stereocenters. The fourth-order valence-electron chi connectivity index (χ4n) is 3.81. The molecule has 0 spiro atoms. The highest BCUT2D eigenvalue weighted by Gasteiger charge is 2.26. The van der Waals surface area contributed by atoms with Crippen LogP contribution in [-0.2, 0) is 14.8 Å². The maximum atomic E-state index is 15.8. The molecule has 180 valence electrons. The second-order valence-electron chi connectivity index (χ2n) is 7.86. The van der Waals surface area contributed by atoms with Crippen molar-refractivity contribution in [2.24, 2.45) is 0 Å². The van der Waals surface area contributed by atoms with E-state index in [1.54, 1.807) is 30.3 Å². The zero-order valence-corrected chi connectivity index (χ0v) is 20.0. The first kappa shape index (κ1) is 23.3. The maximum absolute atomic E-state index is 15.8. The van der Waals surface area contributed by atoms with E-state index < -0.39 is 15.8 Å². The van der Waals surface area contributed by atoms with Crippen LogP contribution in [0.1, 0.15) is 23.8 Å². The molecule has 0 saturated carbocycles. The quantitative estimate of drug-likeness (QED) is 0.395. The number of ether oxygens (including phenoxy) is 1. The van der Waals surface area contributed by atoms with Crippen LogP contribution in [0.3, 0.4) is 0 Å². The summed E-state index contributed by atoms with van der Waals surface area (Å²) in [6.45, 7) is 1.27. The van der Waals surface area contributed by atoms with Crippen molar-refractivity contribution >= 4 is 33.0 Å². The van der Waals surface area contributed by atoms with Crippen LogP contribution in [0.4, 0.5) is 16.0 Å². The molecular weight excluding hydrogens is 491 g/mol. The van der Waals surface area contributed by atoms with Gasteiger partial charge >= 0.3 is 0 Å². The van der Waals surface area contributed by atoms with E-state index in [9.17, 15) is 8.42 Å². The average Bonchev–Trinajstić information content (AvgIpc) is 3.32. The number of hydrogen-bond acceptors (Lipinski definition) is 9. The number of nitrogens with two attached hydrogens (primary N) is 1. The number of benzene rings is 1. The molecule has 4 aromatic rings. The summed E-state index contributed by atoms with van der Waals surface area (Å²) in [7, 11) is -4.08. The van der Waals surface area contributed by atoms with E-state index >= 15 is 4.39 Å². The van der Waals surface area contributed by atoms with Crippen LogP contribution in [0.25, 0.3) is 21.8 Å². The van der Waals surface area contributed by atoms with Crippen LogP contribution >= 0.6 is 11.3 Å². The third-order valence-corrected chi connectivity index (χ3v) is 8.05. The zero-order valence-electron chi connectivity index (χ0n) is 18.4. The predicted molar refractivity (Wildman–Crippen MR) is 131 cm³/mol. The van der Waals surface area contributed by atoms with Gasteiger partial charge in [-0.15, -0.1) is 11.3 Å². The van der Waals surface area contributed by atoms with Gasteiger partial charge in [-0.25, -0.2) is 24.3 Å². The Kier molecular flexibility index (Phi) is 6.41. The molecule has 0 amide bonds. The van der Waals surface area contributed by atoms with Crippen molar-refractivity contribution in [2.45, 2.75) is 23.8 Å². The molecule has 0 bridgehead atoms. The Balaban J connectivity index is 1.59. The van der Waals surface area contributed by atoms with E-state index in [1.807, 2.05) is 0 Å². The van der Waals surface area contributed by atoms with Crippen molar-refractivity contribution < 1.29 is 17.5 Å². The molecule has 3 N–H and O–H groups in total. The molecule has 1 fully saturated rings. The van der Waals surface area contributed by atoms with Gasteiger partial charge in [0.1, 0.15) is 0 Å². The number of rotatable bonds is 6. The Labute approximate surface area is 205 Å². The van der Waals surface area contributed by atoms with E-state index in [0.29, 0.717) is 29.5 Å². The van der Waals surface area contributed by atoms with Crippen molar-refractivity contribution in [2.75, 3.05) is 23.7 Å². The lowest BCUT2D eigenvalue weighted by Crippen LogP contribution is -2.15. The molecule has 0 radical (unpaired) electrons. The lowest BCUT2D eigenvalue weighted by Gasteiger charge is -2.19. The fraction of sp³-hybridized carbons (Fsp3) is 0.217. The molecule has 1 aromatic carbocycles. The smallest absolute Gasteiger partial charge is 0.279 e. The topological polar surface area (TPSA) is 133 Å². The van der Waals surface area contributed by atoms with Crippen LogP contribution in [0.2, 0.25) is 0 Å². The number of sulfonamides is 1. The minimum absolute atomic E-state index is 0.0896. The summed E-state index contributed by atoms with van der Waals surface area (Å²) in [6, 6.07) is 10.6. The lowest BCUT2D eigenvalue weighted by molar-refractivity contribution is 0.0853. The number of thiazole rings is 1. The Morgan fingerprint density at radius 1 is 1.03 bits per heavy atom. The van der Waals surface area contributed by atoms with Crippen molar-refractivity contribution in [3.05, 3.63) is 65.7 Å². The summed E-state index contributed by atoms with van der Waals surface area (Å²) in [5, 5.41) is 0.631. The van der Waals surface area contributed by atoms with Crippen LogP contribution in [-0.4, -0.2) is 41.6 Å². The molecular formula is C23H21FN6O3S2. The minimum Gasteiger partial charge on any atom is -0.381 e. The summed E-state index contributed by atoms with van der Waals surface area (Å²) in [5.74, 6) is -0.486. The van der Waals surface area contributed by atoms with Gasteiger partial charge in [0.2, 0.25) is 5.95 Å². The van der Waals surface area contributed by atoms with Crippen LogP contribution in [0.15, 0.2) is 59.9 Å². The summed E-state index contributed by atoms with van der Waals surface area (Å²) in [6.07, 6.45) is 4.51. The third kappa shape index (κ3) is 4.85. The van der Waals surface area contributed by atoms with Crippen LogP contribution < -0.4 is 10.5 Å². The highest BCUT2D eigenvalue weighted by Crippen LogP contribution is 2.42. The normalized spacial score (nSPS) is 14.7. The maximum Gasteiger partial charge on any atom is 0.279 e. The molecule has 3 aromatic heterocycles. The predicted octanol–water partition coefficient (Wildman–Crippen LogP) is 4.08. The van der Waals surface area contributed by atoms with Gasteiger partial charge in [-0.2, -0.15) is 8.42 Å². The second-order valence-corrected chi connectivity index (χ2v) is 10.5. The van der Waals surface area contributed by atoms with Crippen molar-refractivity contribution in [3.8, 4) is 21.8 Å². The Morgan fingerprint density at radius 2 is 1.86 bits per heavy atom. The highest BCUT2D eigenvalue weighted by atomic mass is 32.2. The summed E-state index contributed by atoms with van der Waals surface area (Å²) in [4.78, 5) is 17.5.